The van der Waals surface area contributed by atoms with Crippen molar-refractivity contribution in [3.63, 3.8) is 0 Å². The number of nitrogens with zero attached hydrogens (tertiary/aromatic N) is 5. The molecule has 0 spiro atoms. The number of hydrogen-bond acceptors (Lipinski definition) is 5. The molecule has 0 saturated carbocycles. The van der Waals surface area contributed by atoms with Gasteiger partial charge in [-0.05, 0) is 33.2 Å². The molecule has 1 N–H and O–H groups in total. The summed E-state index contributed by atoms with van der Waals surface area (Å²) >= 11 is 0. The number of hydrogen-bond donors (Lipinski definition) is 1. The Morgan fingerprint density at radius 3 is 2.81 bits per heavy atom. The number of fused-ring (bicyclic) bond motifs is 1. The molecular weight excluding hydrogens is 330 g/mol. The second-order valence-electron chi connectivity index (χ2n) is 6.73. The molecule has 7 heteroatoms. The Kier molecular flexibility index (Phi) is 4.62. The number of β-amino-alcohol motifs (C(OH)–C–C–N with tert-alkyl or cyclic N) is 1. The van der Waals surface area contributed by atoms with Gasteiger partial charge >= 0.3 is 0 Å². The van der Waals surface area contributed by atoms with Gasteiger partial charge in [0, 0.05) is 25.4 Å². The lowest BCUT2D eigenvalue weighted by Crippen LogP contribution is -2.45. The molecule has 4 rings (SSSR count). The molecule has 0 aliphatic carbocycles. The van der Waals surface area contributed by atoms with Gasteiger partial charge in [-0.1, -0.05) is 42.5 Å². The van der Waals surface area contributed by atoms with Crippen molar-refractivity contribution in [2.75, 3.05) is 13.1 Å². The third-order valence-electron chi connectivity index (χ3n) is 5.08. The van der Waals surface area contributed by atoms with Gasteiger partial charge in [-0.15, -0.1) is 5.10 Å². The largest absolute Gasteiger partial charge is 0.391 e. The van der Waals surface area contributed by atoms with Crippen LogP contribution in [0.15, 0.2) is 48.8 Å². The van der Waals surface area contributed by atoms with E-state index in [1.807, 2.05) is 12.1 Å². The van der Waals surface area contributed by atoms with E-state index >= 15 is 0 Å². The van der Waals surface area contributed by atoms with Crippen LogP contribution in [0, 0.1) is 0 Å². The van der Waals surface area contributed by atoms with Crippen molar-refractivity contribution in [2.24, 2.45) is 0 Å². The smallest absolute Gasteiger partial charge is 0.224 e. The first-order valence-electron chi connectivity index (χ1n) is 8.86. The molecule has 1 aliphatic heterocycles. The Labute approximate surface area is 151 Å². The van der Waals surface area contributed by atoms with Gasteiger partial charge in [0.15, 0.2) is 0 Å². The number of benzene rings is 2. The molecule has 1 amide bonds. The van der Waals surface area contributed by atoms with Crippen LogP contribution in [0.4, 0.5) is 0 Å². The predicted molar refractivity (Wildman–Crippen MR) is 96.3 cm³/mol. The first-order chi connectivity index (χ1) is 12.7. The molecule has 3 aromatic rings. The predicted octanol–water partition coefficient (Wildman–Crippen LogP) is 1.59. The number of carbonyl (C=O) groups excluding carboxylic acids is 1. The van der Waals surface area contributed by atoms with Crippen molar-refractivity contribution in [1.29, 1.82) is 0 Å². The highest BCUT2D eigenvalue weighted by atomic mass is 16.3. The average Bonchev–Trinajstić information content (AvgIpc) is 3.19. The number of aryl methyl sites for hydroxylation is 1. The van der Waals surface area contributed by atoms with E-state index < -0.39 is 6.10 Å². The minimum absolute atomic E-state index is 0.0245. The molecule has 26 heavy (non-hydrogen) atoms. The Bertz CT molecular complexity index is 896. The topological polar surface area (TPSA) is 84.1 Å². The van der Waals surface area contributed by atoms with Crippen molar-refractivity contribution in [3.8, 4) is 0 Å². The molecule has 0 unspecified atom stereocenters. The van der Waals surface area contributed by atoms with Gasteiger partial charge in [0.2, 0.25) is 5.91 Å². The van der Waals surface area contributed by atoms with Crippen LogP contribution in [0.3, 0.4) is 0 Å². The van der Waals surface area contributed by atoms with E-state index in [9.17, 15) is 9.90 Å². The normalized spacial score (nSPS) is 20.4. The maximum absolute atomic E-state index is 12.4. The molecule has 2 heterocycles. The van der Waals surface area contributed by atoms with Crippen LogP contribution >= 0.6 is 0 Å². The Balaban J connectivity index is 1.40. The second-order valence-corrected chi connectivity index (χ2v) is 6.73. The number of aromatic nitrogens is 4. The van der Waals surface area contributed by atoms with Gasteiger partial charge in [0.1, 0.15) is 6.33 Å². The molecule has 1 fully saturated rings. The Morgan fingerprint density at radius 2 is 2.04 bits per heavy atom. The van der Waals surface area contributed by atoms with Gasteiger partial charge in [0.05, 0.1) is 12.6 Å². The lowest BCUT2D eigenvalue weighted by Gasteiger charge is -2.36. The number of likely N-dealkylation sites (tertiary alicyclic amines) is 1. The van der Waals surface area contributed by atoms with Crippen LogP contribution < -0.4 is 0 Å². The summed E-state index contributed by atoms with van der Waals surface area (Å²) in [7, 11) is 0. The maximum Gasteiger partial charge on any atom is 0.224 e. The van der Waals surface area contributed by atoms with Crippen LogP contribution in [0.5, 0.6) is 0 Å². The molecule has 134 valence electrons. The number of aliphatic hydroxyl groups excluding tert-OH is 1. The lowest BCUT2D eigenvalue weighted by molar-refractivity contribution is -0.135. The summed E-state index contributed by atoms with van der Waals surface area (Å²) in [5, 5.41) is 23.9. The van der Waals surface area contributed by atoms with E-state index in [-0.39, 0.29) is 11.8 Å². The van der Waals surface area contributed by atoms with Crippen LogP contribution in [0.25, 0.3) is 10.8 Å². The molecule has 1 saturated heterocycles. The Morgan fingerprint density at radius 1 is 1.19 bits per heavy atom. The highest BCUT2D eigenvalue weighted by molar-refractivity contribution is 5.83. The highest BCUT2D eigenvalue weighted by Gasteiger charge is 2.31. The van der Waals surface area contributed by atoms with E-state index in [4.69, 9.17) is 0 Å². The zero-order valence-corrected chi connectivity index (χ0v) is 14.4. The van der Waals surface area contributed by atoms with Crippen molar-refractivity contribution in [3.05, 3.63) is 54.4 Å². The minimum Gasteiger partial charge on any atom is -0.391 e. The summed E-state index contributed by atoms with van der Waals surface area (Å²) in [6.45, 7) is 1.47. The monoisotopic (exact) mass is 351 g/mol. The number of rotatable bonds is 4. The fourth-order valence-electron chi connectivity index (χ4n) is 3.64. The van der Waals surface area contributed by atoms with Gasteiger partial charge in [-0.2, -0.15) is 0 Å². The molecule has 2 aromatic carbocycles. The first kappa shape index (κ1) is 16.7. The highest BCUT2D eigenvalue weighted by Crippen LogP contribution is 2.30. The van der Waals surface area contributed by atoms with Crippen molar-refractivity contribution in [1.82, 2.24) is 25.1 Å². The van der Waals surface area contributed by atoms with Crippen molar-refractivity contribution >= 4 is 16.7 Å². The van der Waals surface area contributed by atoms with Crippen LogP contribution in [-0.2, 0) is 11.3 Å². The van der Waals surface area contributed by atoms with Gasteiger partial charge in [-0.25, -0.2) is 4.68 Å². The molecular formula is C19H21N5O2. The van der Waals surface area contributed by atoms with E-state index in [1.54, 1.807) is 4.90 Å². The summed E-state index contributed by atoms with van der Waals surface area (Å²) in [5.74, 6) is 0.0830. The zero-order valence-electron chi connectivity index (χ0n) is 14.4. The van der Waals surface area contributed by atoms with E-state index in [2.05, 4.69) is 45.9 Å². The average molecular weight is 351 g/mol. The molecule has 1 aromatic heterocycles. The lowest BCUT2D eigenvalue weighted by atomic mass is 9.86. The zero-order chi connectivity index (χ0) is 17.9. The number of piperidine rings is 1. The second kappa shape index (κ2) is 7.21. The summed E-state index contributed by atoms with van der Waals surface area (Å²) < 4.78 is 1.54. The van der Waals surface area contributed by atoms with Gasteiger partial charge < -0.3 is 10.0 Å². The maximum atomic E-state index is 12.4. The quantitative estimate of drug-likeness (QED) is 0.772. The third kappa shape index (κ3) is 3.43. The Hall–Kier alpha value is -2.80. The fraction of sp³-hybridized carbons (Fsp3) is 0.368. The molecule has 1 aliphatic rings. The summed E-state index contributed by atoms with van der Waals surface area (Å²) in [5.41, 5.74) is 1.14. The van der Waals surface area contributed by atoms with Crippen LogP contribution in [-0.4, -0.2) is 55.3 Å². The number of carbonyl (C=O) groups is 1. The van der Waals surface area contributed by atoms with E-state index in [0.29, 0.717) is 26.1 Å². The van der Waals surface area contributed by atoms with E-state index in [1.165, 1.54) is 21.8 Å². The molecule has 0 radical (unpaired) electrons. The summed E-state index contributed by atoms with van der Waals surface area (Å²) in [6, 6.07) is 14.6. The third-order valence-corrected chi connectivity index (χ3v) is 5.08. The van der Waals surface area contributed by atoms with Crippen molar-refractivity contribution in [2.45, 2.75) is 31.4 Å². The standard InChI is InChI=1S/C19H21N5O2/c25-18-12-23(19(26)8-10-24-13-20-21-22-24)9-7-17(18)16-6-5-14-3-1-2-4-15(14)11-16/h1-6,11,13,17-18,25H,7-10,12H2/t17-,18+/m0/s1. The fourth-order valence-corrected chi connectivity index (χ4v) is 3.64. The SMILES string of the molecule is O=C(CCn1cnnn1)N1CC[C@@H](c2ccc3ccccc3c2)[C@H](O)C1. The molecule has 2 atom stereocenters. The van der Waals surface area contributed by atoms with Crippen LogP contribution in [0.1, 0.15) is 24.3 Å². The number of tetrazole rings is 1. The summed E-state index contributed by atoms with van der Waals surface area (Å²) in [4.78, 5) is 14.1. The van der Waals surface area contributed by atoms with Gasteiger partial charge in [-0.3, -0.25) is 4.79 Å². The molecule has 0 bridgehead atoms. The molecule has 7 nitrogen and oxygen atoms in total. The summed E-state index contributed by atoms with van der Waals surface area (Å²) in [6.07, 6.45) is 2.03. The minimum atomic E-state index is -0.554. The number of amides is 1. The van der Waals surface area contributed by atoms with Crippen molar-refractivity contribution < 1.29 is 9.90 Å². The number of aliphatic hydroxyl groups is 1. The van der Waals surface area contributed by atoms with Crippen LogP contribution in [0.2, 0.25) is 0 Å². The van der Waals surface area contributed by atoms with Gasteiger partial charge in [0.25, 0.3) is 0 Å². The first-order valence-corrected chi connectivity index (χ1v) is 8.86. The van der Waals surface area contributed by atoms with E-state index in [0.717, 1.165) is 12.0 Å².